The van der Waals surface area contributed by atoms with Crippen molar-refractivity contribution in [2.24, 2.45) is 5.73 Å². The third-order valence-electron chi connectivity index (χ3n) is 1.81. The van der Waals surface area contributed by atoms with Crippen LogP contribution in [0.15, 0.2) is 22.7 Å². The van der Waals surface area contributed by atoms with Gasteiger partial charge in [0.25, 0.3) is 0 Å². The van der Waals surface area contributed by atoms with Crippen molar-refractivity contribution in [1.29, 1.82) is 0 Å². The van der Waals surface area contributed by atoms with Gasteiger partial charge in [0.1, 0.15) is 6.04 Å². The summed E-state index contributed by atoms with van der Waals surface area (Å²) in [4.78, 5) is 10.6. The summed E-state index contributed by atoms with van der Waals surface area (Å²) in [6.07, 6.45) is 0. The molecule has 0 saturated carbocycles. The normalized spacial score (nSPS) is 11.6. The van der Waals surface area contributed by atoms with E-state index in [1.165, 1.54) is 0 Å². The summed E-state index contributed by atoms with van der Waals surface area (Å²) in [6.45, 7) is 1.89. The molecule has 1 aromatic carbocycles. The van der Waals surface area contributed by atoms with Crippen LogP contribution in [-0.2, 0) is 4.79 Å². The second-order valence-corrected chi connectivity index (χ2v) is 3.68. The van der Waals surface area contributed by atoms with E-state index in [2.05, 4.69) is 15.9 Å². The molecule has 0 aliphatic carbocycles. The summed E-state index contributed by atoms with van der Waals surface area (Å²) in [6, 6.07) is 4.33. The molecule has 0 aliphatic heterocycles. The highest BCUT2D eigenvalue weighted by molar-refractivity contribution is 9.10. The van der Waals surface area contributed by atoms with Gasteiger partial charge in [-0.05, 0) is 24.1 Å². The van der Waals surface area contributed by atoms with Crippen LogP contribution in [0.4, 0.5) is 0 Å². The third kappa shape index (κ3) is 2.97. The van der Waals surface area contributed by atoms with Gasteiger partial charge in [-0.2, -0.15) is 0 Å². The Morgan fingerprint density at radius 2 is 2.14 bits per heavy atom. The number of aryl methyl sites for hydroxylation is 1. The molecule has 3 nitrogen and oxygen atoms in total. The number of nitrogens with two attached hydrogens (primary N) is 1. The van der Waals surface area contributed by atoms with Crippen LogP contribution < -0.4 is 5.73 Å². The smallest absolute Gasteiger partial charge is 0.325 e. The minimum Gasteiger partial charge on any atom is -0.480 e. The number of carbonyl (C=O) groups is 1. The van der Waals surface area contributed by atoms with Crippen molar-refractivity contribution in [2.75, 3.05) is 0 Å². The molecule has 78 valence electrons. The predicted octanol–water partition coefficient (Wildman–Crippen LogP) is 2.26. The Bertz CT molecular complexity index is 344. The van der Waals surface area contributed by atoms with Gasteiger partial charge in [0.15, 0.2) is 0 Å². The Morgan fingerprint density at radius 1 is 1.57 bits per heavy atom. The number of rotatable bonds is 2. The average molecular weight is 281 g/mol. The summed E-state index contributed by atoms with van der Waals surface area (Å²) in [5.41, 5.74) is 7.04. The highest BCUT2D eigenvalue weighted by Gasteiger charge is 2.14. The van der Waals surface area contributed by atoms with Gasteiger partial charge in [0.2, 0.25) is 0 Å². The number of benzene rings is 1. The van der Waals surface area contributed by atoms with Gasteiger partial charge in [-0.1, -0.05) is 28.1 Å². The molecule has 14 heavy (non-hydrogen) atoms. The first kappa shape index (κ1) is 13.4. The van der Waals surface area contributed by atoms with Crippen LogP contribution in [0, 0.1) is 6.92 Å². The van der Waals surface area contributed by atoms with Crippen molar-refractivity contribution in [3.8, 4) is 0 Å². The van der Waals surface area contributed by atoms with Gasteiger partial charge in [-0.25, -0.2) is 0 Å². The molecule has 1 aromatic rings. The zero-order chi connectivity index (χ0) is 10.0. The molecule has 0 spiro atoms. The minimum absolute atomic E-state index is 0. The SMILES string of the molecule is Cc1cc([C@@H](N)C(=O)O)ccc1Br.Cl. The summed E-state index contributed by atoms with van der Waals surface area (Å²) >= 11 is 3.33. The molecule has 5 heteroatoms. The van der Waals surface area contributed by atoms with E-state index in [1.807, 2.05) is 6.92 Å². The Labute approximate surface area is 96.8 Å². The van der Waals surface area contributed by atoms with Gasteiger partial charge >= 0.3 is 5.97 Å². The van der Waals surface area contributed by atoms with Crippen molar-refractivity contribution in [3.05, 3.63) is 33.8 Å². The van der Waals surface area contributed by atoms with E-state index in [9.17, 15) is 4.79 Å². The highest BCUT2D eigenvalue weighted by atomic mass is 79.9. The molecule has 0 unspecified atom stereocenters. The van der Waals surface area contributed by atoms with Gasteiger partial charge in [0.05, 0.1) is 0 Å². The second kappa shape index (κ2) is 5.34. The number of hydrogen-bond acceptors (Lipinski definition) is 2. The molecule has 0 bridgehead atoms. The maximum atomic E-state index is 10.6. The summed E-state index contributed by atoms with van der Waals surface area (Å²) in [5.74, 6) is -1.01. The molecule has 0 radical (unpaired) electrons. The zero-order valence-electron chi connectivity index (χ0n) is 7.53. The summed E-state index contributed by atoms with van der Waals surface area (Å²) in [5, 5.41) is 8.66. The Morgan fingerprint density at radius 3 is 2.57 bits per heavy atom. The lowest BCUT2D eigenvalue weighted by Crippen LogP contribution is -2.20. The topological polar surface area (TPSA) is 63.3 Å². The largest absolute Gasteiger partial charge is 0.480 e. The fraction of sp³-hybridized carbons (Fsp3) is 0.222. The first-order valence-corrected chi connectivity index (χ1v) is 4.56. The standard InChI is InChI=1S/C9H10BrNO2.ClH/c1-5-4-6(2-3-7(5)10)8(11)9(12)13;/h2-4,8H,11H2,1H3,(H,12,13);1H/t8-;/m1./s1. The Kier molecular flexibility index (Phi) is 5.12. The Hall–Kier alpha value is -0.580. The van der Waals surface area contributed by atoms with Crippen LogP contribution in [0.5, 0.6) is 0 Å². The highest BCUT2D eigenvalue weighted by Crippen LogP contribution is 2.20. The molecule has 1 atom stereocenters. The average Bonchev–Trinajstić information content (AvgIpc) is 2.08. The van der Waals surface area contributed by atoms with E-state index in [1.54, 1.807) is 18.2 Å². The van der Waals surface area contributed by atoms with Gasteiger partial charge in [0, 0.05) is 4.47 Å². The van der Waals surface area contributed by atoms with E-state index < -0.39 is 12.0 Å². The predicted molar refractivity (Wildman–Crippen MR) is 60.7 cm³/mol. The van der Waals surface area contributed by atoms with Crippen LogP contribution in [0.3, 0.4) is 0 Å². The number of hydrogen-bond donors (Lipinski definition) is 2. The van der Waals surface area contributed by atoms with E-state index >= 15 is 0 Å². The lowest BCUT2D eigenvalue weighted by molar-refractivity contribution is -0.138. The van der Waals surface area contributed by atoms with Crippen LogP contribution in [0.25, 0.3) is 0 Å². The molecule has 0 aliphatic rings. The van der Waals surface area contributed by atoms with Gasteiger partial charge in [-0.3, -0.25) is 4.79 Å². The first-order valence-electron chi connectivity index (χ1n) is 3.77. The number of carboxylic acids is 1. The third-order valence-corrected chi connectivity index (χ3v) is 2.70. The van der Waals surface area contributed by atoms with E-state index in [0.29, 0.717) is 5.56 Å². The van der Waals surface area contributed by atoms with Crippen LogP contribution in [-0.4, -0.2) is 11.1 Å². The van der Waals surface area contributed by atoms with Crippen LogP contribution in [0.2, 0.25) is 0 Å². The molecule has 0 amide bonds. The van der Waals surface area contributed by atoms with Crippen LogP contribution in [0.1, 0.15) is 17.2 Å². The maximum Gasteiger partial charge on any atom is 0.325 e. The van der Waals surface area contributed by atoms with Crippen molar-refractivity contribution in [2.45, 2.75) is 13.0 Å². The molecule has 0 saturated heterocycles. The fourth-order valence-corrected chi connectivity index (χ4v) is 1.25. The van der Waals surface area contributed by atoms with Crippen molar-refractivity contribution < 1.29 is 9.90 Å². The molecular formula is C9H11BrClNO2. The zero-order valence-corrected chi connectivity index (χ0v) is 9.93. The second-order valence-electron chi connectivity index (χ2n) is 2.82. The molecule has 0 heterocycles. The van der Waals surface area contributed by atoms with Crippen molar-refractivity contribution in [3.63, 3.8) is 0 Å². The van der Waals surface area contributed by atoms with Gasteiger partial charge in [-0.15, -0.1) is 12.4 Å². The molecule has 1 rings (SSSR count). The van der Waals surface area contributed by atoms with Crippen molar-refractivity contribution >= 4 is 34.3 Å². The van der Waals surface area contributed by atoms with E-state index in [4.69, 9.17) is 10.8 Å². The minimum atomic E-state index is -1.01. The molecule has 0 aromatic heterocycles. The maximum absolute atomic E-state index is 10.6. The molecular weight excluding hydrogens is 269 g/mol. The van der Waals surface area contributed by atoms with Crippen molar-refractivity contribution in [1.82, 2.24) is 0 Å². The summed E-state index contributed by atoms with van der Waals surface area (Å²) in [7, 11) is 0. The lowest BCUT2D eigenvalue weighted by Gasteiger charge is -2.08. The van der Waals surface area contributed by atoms with Crippen LogP contribution >= 0.6 is 28.3 Å². The quantitative estimate of drug-likeness (QED) is 0.873. The monoisotopic (exact) mass is 279 g/mol. The van der Waals surface area contributed by atoms with E-state index in [-0.39, 0.29) is 12.4 Å². The summed E-state index contributed by atoms with van der Waals surface area (Å²) < 4.78 is 0.953. The van der Waals surface area contributed by atoms with E-state index in [0.717, 1.165) is 10.0 Å². The molecule has 0 fully saturated rings. The number of carboxylic acid groups (broad SMARTS) is 1. The number of aliphatic carboxylic acids is 1. The molecule has 3 N–H and O–H groups in total. The number of halogens is 2. The fourth-order valence-electron chi connectivity index (χ4n) is 1.00. The first-order chi connectivity index (χ1) is 6.02. The van der Waals surface area contributed by atoms with Gasteiger partial charge < -0.3 is 10.8 Å². The Balaban J connectivity index is 0.00000169. The lowest BCUT2D eigenvalue weighted by atomic mass is 10.1.